The Hall–Kier alpha value is -1.95. The van der Waals surface area contributed by atoms with Crippen molar-refractivity contribution < 1.29 is 4.74 Å². The summed E-state index contributed by atoms with van der Waals surface area (Å²) in [7, 11) is 0. The predicted octanol–water partition coefficient (Wildman–Crippen LogP) is 4.20. The number of hydrogen-bond acceptors (Lipinski definition) is 2. The van der Waals surface area contributed by atoms with Gasteiger partial charge in [0, 0.05) is 23.2 Å². The maximum Gasteiger partial charge on any atom is 0.148 e. The van der Waals surface area contributed by atoms with E-state index in [2.05, 4.69) is 18.2 Å². The van der Waals surface area contributed by atoms with Crippen LogP contribution in [0.4, 0.5) is 0 Å². The van der Waals surface area contributed by atoms with Gasteiger partial charge in [-0.2, -0.15) is 0 Å². The lowest BCUT2D eigenvalue weighted by atomic mass is 10.1. The highest BCUT2D eigenvalue weighted by Crippen LogP contribution is 2.20. The van der Waals surface area contributed by atoms with Gasteiger partial charge in [0.15, 0.2) is 0 Å². The molecule has 21 heavy (non-hydrogen) atoms. The van der Waals surface area contributed by atoms with Crippen molar-refractivity contribution in [1.82, 2.24) is 5.32 Å². The molecule has 0 aliphatic heterocycles. The lowest BCUT2D eigenvalue weighted by Crippen LogP contribution is -2.18. The summed E-state index contributed by atoms with van der Waals surface area (Å²) in [4.78, 5) is 0. The number of nitrogens with one attached hydrogen (secondary N) is 1. The summed E-state index contributed by atoms with van der Waals surface area (Å²) in [6.07, 6.45) is 5.24. The van der Waals surface area contributed by atoms with Crippen LogP contribution in [0, 0.1) is 12.3 Å². The molecule has 0 spiro atoms. The summed E-state index contributed by atoms with van der Waals surface area (Å²) in [5.41, 5.74) is 2.29. The maximum absolute atomic E-state index is 5.91. The van der Waals surface area contributed by atoms with Gasteiger partial charge in [-0.05, 0) is 30.7 Å². The lowest BCUT2D eigenvalue weighted by Gasteiger charge is -2.16. The summed E-state index contributed by atoms with van der Waals surface area (Å²) in [5, 5.41) is 4.23. The third-order valence-corrected chi connectivity index (χ3v) is 3.50. The van der Waals surface area contributed by atoms with Crippen LogP contribution in [0.5, 0.6) is 5.75 Å². The molecule has 0 radical (unpaired) electrons. The number of rotatable bonds is 6. The predicted molar refractivity (Wildman–Crippen MR) is 87.5 cm³/mol. The quantitative estimate of drug-likeness (QED) is 0.807. The van der Waals surface area contributed by atoms with Gasteiger partial charge in [0.1, 0.15) is 12.4 Å². The van der Waals surface area contributed by atoms with E-state index in [1.807, 2.05) is 48.5 Å². The Kier molecular flexibility index (Phi) is 5.68. The van der Waals surface area contributed by atoms with Crippen molar-refractivity contribution in [2.24, 2.45) is 0 Å². The van der Waals surface area contributed by atoms with Crippen molar-refractivity contribution in [3.8, 4) is 18.1 Å². The third-order valence-electron chi connectivity index (χ3n) is 3.25. The summed E-state index contributed by atoms with van der Waals surface area (Å²) in [6.45, 7) is 3.11. The Labute approximate surface area is 131 Å². The van der Waals surface area contributed by atoms with Gasteiger partial charge in [-0.1, -0.05) is 47.9 Å². The molecule has 3 heteroatoms. The zero-order valence-corrected chi connectivity index (χ0v) is 12.7. The lowest BCUT2D eigenvalue weighted by molar-refractivity contribution is 0.364. The first-order valence-corrected chi connectivity index (χ1v) is 7.21. The van der Waals surface area contributed by atoms with Gasteiger partial charge >= 0.3 is 0 Å². The second-order valence-corrected chi connectivity index (χ2v) is 5.19. The standard InChI is InChI=1S/C18H18ClNO/c1-3-12-21-18-7-5-4-6-16(18)13-20-14(2)15-8-10-17(19)11-9-15/h1,4-11,14,20H,12-13H2,2H3/t14-/m1/s1. The van der Waals surface area contributed by atoms with Crippen LogP contribution in [0.3, 0.4) is 0 Å². The van der Waals surface area contributed by atoms with Crippen LogP contribution < -0.4 is 10.1 Å². The number of benzene rings is 2. The van der Waals surface area contributed by atoms with Gasteiger partial charge < -0.3 is 10.1 Å². The zero-order chi connectivity index (χ0) is 15.1. The molecule has 0 unspecified atom stereocenters. The van der Waals surface area contributed by atoms with Crippen LogP contribution in [0.1, 0.15) is 24.1 Å². The molecular weight excluding hydrogens is 282 g/mol. The molecule has 2 rings (SSSR count). The summed E-state index contributed by atoms with van der Waals surface area (Å²) >= 11 is 5.91. The Balaban J connectivity index is 1.99. The molecule has 2 nitrogen and oxygen atoms in total. The first kappa shape index (κ1) is 15.4. The van der Waals surface area contributed by atoms with Crippen LogP contribution >= 0.6 is 11.6 Å². The maximum atomic E-state index is 5.91. The minimum Gasteiger partial charge on any atom is -0.481 e. The molecule has 0 aromatic heterocycles. The highest BCUT2D eigenvalue weighted by Gasteiger charge is 2.07. The molecular formula is C18H18ClNO. The smallest absolute Gasteiger partial charge is 0.148 e. The van der Waals surface area contributed by atoms with Crippen molar-refractivity contribution in [2.45, 2.75) is 19.5 Å². The monoisotopic (exact) mass is 299 g/mol. The van der Waals surface area contributed by atoms with E-state index in [1.54, 1.807) is 0 Å². The number of para-hydroxylation sites is 1. The van der Waals surface area contributed by atoms with Crippen molar-refractivity contribution >= 4 is 11.6 Å². The molecule has 0 amide bonds. The molecule has 0 aliphatic rings. The van der Waals surface area contributed by atoms with E-state index < -0.39 is 0 Å². The molecule has 0 bridgehead atoms. The zero-order valence-electron chi connectivity index (χ0n) is 12.0. The number of hydrogen-bond donors (Lipinski definition) is 1. The van der Waals surface area contributed by atoms with Crippen molar-refractivity contribution in [3.63, 3.8) is 0 Å². The highest BCUT2D eigenvalue weighted by molar-refractivity contribution is 6.30. The molecule has 0 aliphatic carbocycles. The van der Waals surface area contributed by atoms with Gasteiger partial charge in [-0.3, -0.25) is 0 Å². The van der Waals surface area contributed by atoms with Crippen LogP contribution in [0.25, 0.3) is 0 Å². The SMILES string of the molecule is C#CCOc1ccccc1CN[C@H](C)c1ccc(Cl)cc1. The Bertz CT molecular complexity index is 616. The minimum atomic E-state index is 0.225. The fraction of sp³-hybridized carbons (Fsp3) is 0.222. The van der Waals surface area contributed by atoms with Crippen molar-refractivity contribution in [2.75, 3.05) is 6.61 Å². The van der Waals surface area contributed by atoms with Crippen LogP contribution in [-0.4, -0.2) is 6.61 Å². The normalized spacial score (nSPS) is 11.7. The second kappa shape index (κ2) is 7.73. The Morgan fingerprint density at radius 2 is 1.90 bits per heavy atom. The number of halogens is 1. The van der Waals surface area contributed by atoms with Crippen LogP contribution in [0.2, 0.25) is 5.02 Å². The fourth-order valence-electron chi connectivity index (χ4n) is 2.04. The molecule has 0 fully saturated rings. The van der Waals surface area contributed by atoms with Crippen molar-refractivity contribution in [3.05, 3.63) is 64.7 Å². The average molecular weight is 300 g/mol. The van der Waals surface area contributed by atoms with Crippen molar-refractivity contribution in [1.29, 1.82) is 0 Å². The third kappa shape index (κ3) is 4.53. The molecule has 2 aromatic carbocycles. The van der Waals surface area contributed by atoms with Crippen LogP contribution in [0.15, 0.2) is 48.5 Å². The highest BCUT2D eigenvalue weighted by atomic mass is 35.5. The molecule has 0 saturated carbocycles. The molecule has 0 saturated heterocycles. The van der Waals surface area contributed by atoms with Gasteiger partial charge in [0.05, 0.1) is 0 Å². The van der Waals surface area contributed by atoms with E-state index in [0.29, 0.717) is 6.54 Å². The number of terminal acetylenes is 1. The second-order valence-electron chi connectivity index (χ2n) is 4.75. The Morgan fingerprint density at radius 3 is 2.62 bits per heavy atom. The fourth-order valence-corrected chi connectivity index (χ4v) is 2.17. The average Bonchev–Trinajstić information content (AvgIpc) is 2.52. The summed E-state index contributed by atoms with van der Waals surface area (Å²) in [5.74, 6) is 3.31. The van der Waals surface area contributed by atoms with E-state index in [-0.39, 0.29) is 12.6 Å². The summed E-state index contributed by atoms with van der Waals surface area (Å²) in [6, 6.07) is 16.0. The van der Waals surface area contributed by atoms with E-state index in [0.717, 1.165) is 16.3 Å². The van der Waals surface area contributed by atoms with Gasteiger partial charge in [-0.15, -0.1) is 6.42 Å². The molecule has 2 aromatic rings. The first-order valence-electron chi connectivity index (χ1n) is 6.83. The van der Waals surface area contributed by atoms with Gasteiger partial charge in [0.25, 0.3) is 0 Å². The van der Waals surface area contributed by atoms with E-state index in [9.17, 15) is 0 Å². The number of ether oxygens (including phenoxy) is 1. The molecule has 0 heterocycles. The Morgan fingerprint density at radius 1 is 1.19 bits per heavy atom. The van der Waals surface area contributed by atoms with Gasteiger partial charge in [0.2, 0.25) is 0 Å². The van der Waals surface area contributed by atoms with Gasteiger partial charge in [-0.25, -0.2) is 0 Å². The molecule has 108 valence electrons. The topological polar surface area (TPSA) is 21.3 Å². The van der Waals surface area contributed by atoms with E-state index in [1.165, 1.54) is 5.56 Å². The van der Waals surface area contributed by atoms with E-state index >= 15 is 0 Å². The molecule has 1 atom stereocenters. The van der Waals surface area contributed by atoms with Crippen LogP contribution in [-0.2, 0) is 6.54 Å². The summed E-state index contributed by atoms with van der Waals surface area (Å²) < 4.78 is 5.55. The molecule has 1 N–H and O–H groups in total. The first-order chi connectivity index (χ1) is 10.2. The van der Waals surface area contributed by atoms with E-state index in [4.69, 9.17) is 22.8 Å². The largest absolute Gasteiger partial charge is 0.481 e. The minimum absolute atomic E-state index is 0.225.